The number of hydrogen-bond acceptors (Lipinski definition) is 0. The van der Waals surface area contributed by atoms with E-state index in [4.69, 9.17) is 0 Å². The van der Waals surface area contributed by atoms with E-state index in [2.05, 4.69) is 20.8 Å². The first kappa shape index (κ1) is 37.5. The van der Waals surface area contributed by atoms with Gasteiger partial charge in [0.1, 0.15) is 0 Å². The van der Waals surface area contributed by atoms with Crippen LogP contribution < -0.4 is 0 Å². The molecular weight excluding hydrogens is 459 g/mol. The molecule has 0 fully saturated rings. The molecule has 0 heterocycles. The lowest BCUT2D eigenvalue weighted by molar-refractivity contribution is 0.557. The van der Waals surface area contributed by atoms with Gasteiger partial charge in [0.2, 0.25) is 0 Å². The molecule has 0 atom stereocenters. The van der Waals surface area contributed by atoms with Crippen molar-refractivity contribution in [3.05, 3.63) is 0 Å². The molecule has 0 spiro atoms. The van der Waals surface area contributed by atoms with E-state index in [1.54, 1.807) is 35.1 Å². The molecule has 0 amide bonds. The van der Waals surface area contributed by atoms with Crippen LogP contribution in [-0.2, 0) is 0 Å². The SMILES string of the molecule is CCCCCCCCCCC[CH2][Al]([CH2]CCCCCCCCCCC)[CH2]CCCCCCCCCCC. The molecule has 0 bridgehead atoms. The average molecular weight is 535 g/mol. The molecule has 0 aromatic rings. The second-order valence-corrected chi connectivity index (χ2v) is 16.2. The first-order valence-electron chi connectivity index (χ1n) is 18.3. The molecule has 0 nitrogen and oxygen atoms in total. The van der Waals surface area contributed by atoms with Gasteiger partial charge in [0.05, 0.1) is 0 Å². The van der Waals surface area contributed by atoms with Gasteiger partial charge in [-0.25, -0.2) is 0 Å². The van der Waals surface area contributed by atoms with Crippen LogP contribution in [0, 0.1) is 0 Å². The molecule has 0 unspecified atom stereocenters. The smallest absolute Gasteiger partial charge is 0.0939 e. The van der Waals surface area contributed by atoms with Crippen molar-refractivity contribution in [2.75, 3.05) is 0 Å². The van der Waals surface area contributed by atoms with Crippen LogP contribution in [0.5, 0.6) is 0 Å². The summed E-state index contributed by atoms with van der Waals surface area (Å²) >= 11 is -0.468. The Bertz CT molecular complexity index is 322. The van der Waals surface area contributed by atoms with Gasteiger partial charge in [-0.1, -0.05) is 229 Å². The Kier molecular flexibility index (Phi) is 35.1. The normalized spacial score (nSPS) is 11.4. The molecule has 0 aliphatic rings. The van der Waals surface area contributed by atoms with Crippen molar-refractivity contribution in [1.29, 1.82) is 0 Å². The highest BCUT2D eigenvalue weighted by Gasteiger charge is 2.15. The Morgan fingerprint density at radius 1 is 0.216 bits per heavy atom. The van der Waals surface area contributed by atoms with Crippen LogP contribution in [0.25, 0.3) is 0 Å². The minimum Gasteiger partial charge on any atom is -0.0939 e. The zero-order chi connectivity index (χ0) is 26.9. The van der Waals surface area contributed by atoms with Gasteiger partial charge >= 0.3 is 0 Å². The largest absolute Gasteiger partial charge is 0.261 e. The van der Waals surface area contributed by atoms with Crippen LogP contribution in [-0.4, -0.2) is 14.1 Å². The summed E-state index contributed by atoms with van der Waals surface area (Å²) in [5.74, 6) is 0. The average Bonchev–Trinajstić information content (AvgIpc) is 2.91. The maximum atomic E-state index is 2.32. The lowest BCUT2D eigenvalue weighted by Gasteiger charge is -2.12. The summed E-state index contributed by atoms with van der Waals surface area (Å²) in [6, 6.07) is 0. The van der Waals surface area contributed by atoms with Gasteiger partial charge < -0.3 is 0 Å². The van der Waals surface area contributed by atoms with Gasteiger partial charge in [0.15, 0.2) is 0 Å². The Morgan fingerprint density at radius 2 is 0.378 bits per heavy atom. The minimum absolute atomic E-state index is 0.468. The molecule has 0 aliphatic heterocycles. The van der Waals surface area contributed by atoms with E-state index in [0.717, 1.165) is 0 Å². The fraction of sp³-hybridized carbons (Fsp3) is 1.00. The number of rotatable bonds is 33. The summed E-state index contributed by atoms with van der Waals surface area (Å²) < 4.78 is 0. The van der Waals surface area contributed by atoms with Gasteiger partial charge in [-0.15, -0.1) is 0 Å². The Morgan fingerprint density at radius 3 is 0.568 bits per heavy atom. The second kappa shape index (κ2) is 34.6. The molecule has 0 aliphatic carbocycles. The zero-order valence-electron chi connectivity index (χ0n) is 26.9. The van der Waals surface area contributed by atoms with Crippen LogP contribution >= 0.6 is 0 Å². The van der Waals surface area contributed by atoms with Gasteiger partial charge in [-0.05, 0) is 0 Å². The monoisotopic (exact) mass is 535 g/mol. The van der Waals surface area contributed by atoms with Crippen LogP contribution in [0.2, 0.25) is 15.8 Å². The summed E-state index contributed by atoms with van der Waals surface area (Å²) in [6.45, 7) is 6.97. The predicted molar refractivity (Wildman–Crippen MR) is 176 cm³/mol. The summed E-state index contributed by atoms with van der Waals surface area (Å²) in [7, 11) is 0. The van der Waals surface area contributed by atoms with E-state index in [1.165, 1.54) is 173 Å². The maximum Gasteiger partial charge on any atom is 0.261 e. The summed E-state index contributed by atoms with van der Waals surface area (Å²) in [4.78, 5) is 0. The minimum atomic E-state index is -0.468. The third-order valence-corrected chi connectivity index (χ3v) is 12.6. The first-order valence-corrected chi connectivity index (χ1v) is 20.8. The van der Waals surface area contributed by atoms with E-state index in [9.17, 15) is 0 Å². The van der Waals surface area contributed by atoms with E-state index in [1.807, 2.05) is 0 Å². The van der Waals surface area contributed by atoms with Crippen molar-refractivity contribution in [1.82, 2.24) is 0 Å². The second-order valence-electron chi connectivity index (χ2n) is 12.8. The highest BCUT2D eigenvalue weighted by molar-refractivity contribution is 6.58. The van der Waals surface area contributed by atoms with Crippen molar-refractivity contribution in [2.45, 2.75) is 229 Å². The molecule has 0 saturated heterocycles. The molecule has 0 saturated carbocycles. The molecule has 1 heteroatoms. The molecule has 0 N–H and O–H groups in total. The van der Waals surface area contributed by atoms with E-state index >= 15 is 0 Å². The predicted octanol–water partition coefficient (Wildman–Crippen LogP) is 14.2. The van der Waals surface area contributed by atoms with Crippen LogP contribution in [0.4, 0.5) is 0 Å². The van der Waals surface area contributed by atoms with Crippen molar-refractivity contribution < 1.29 is 0 Å². The molecule has 0 rings (SSSR count). The lowest BCUT2D eigenvalue weighted by atomic mass is 10.1. The van der Waals surface area contributed by atoms with E-state index in [0.29, 0.717) is 0 Å². The van der Waals surface area contributed by atoms with Crippen molar-refractivity contribution >= 4 is 14.1 Å². The quantitative estimate of drug-likeness (QED) is 0.0580. The summed E-state index contributed by atoms with van der Waals surface area (Å²) in [5, 5.41) is 5.02. The van der Waals surface area contributed by atoms with Crippen molar-refractivity contribution in [3.63, 3.8) is 0 Å². The number of unbranched alkanes of at least 4 members (excludes halogenated alkanes) is 27. The van der Waals surface area contributed by atoms with Gasteiger partial charge in [0, 0.05) is 0 Å². The molecule has 0 aromatic carbocycles. The Balaban J connectivity index is 3.87. The maximum absolute atomic E-state index is 2.32. The third kappa shape index (κ3) is 32.6. The van der Waals surface area contributed by atoms with Crippen LogP contribution in [0.15, 0.2) is 0 Å². The van der Waals surface area contributed by atoms with Crippen molar-refractivity contribution in [2.24, 2.45) is 0 Å². The Hall–Kier alpha value is 0.532. The zero-order valence-corrected chi connectivity index (χ0v) is 28.1. The van der Waals surface area contributed by atoms with Gasteiger partial charge in [-0.2, -0.15) is 0 Å². The molecule has 0 aromatic heterocycles. The van der Waals surface area contributed by atoms with Crippen LogP contribution in [0.3, 0.4) is 0 Å². The Labute approximate surface area is 242 Å². The summed E-state index contributed by atoms with van der Waals surface area (Å²) in [6.07, 6.45) is 44.8. The molecule has 0 radical (unpaired) electrons. The fourth-order valence-electron chi connectivity index (χ4n) is 6.19. The lowest BCUT2D eigenvalue weighted by Crippen LogP contribution is -2.12. The van der Waals surface area contributed by atoms with Gasteiger partial charge in [-0.3, -0.25) is 0 Å². The van der Waals surface area contributed by atoms with Crippen LogP contribution in [0.1, 0.15) is 213 Å². The highest BCUT2D eigenvalue weighted by Crippen LogP contribution is 2.21. The summed E-state index contributed by atoms with van der Waals surface area (Å²) in [5.41, 5.74) is 0. The third-order valence-electron chi connectivity index (χ3n) is 8.90. The van der Waals surface area contributed by atoms with Crippen molar-refractivity contribution in [3.8, 4) is 0 Å². The topological polar surface area (TPSA) is 0 Å². The highest BCUT2D eigenvalue weighted by atomic mass is 27.2. The van der Waals surface area contributed by atoms with E-state index < -0.39 is 14.1 Å². The number of hydrogen-bond donors (Lipinski definition) is 0. The molecule has 222 valence electrons. The first-order chi connectivity index (χ1) is 18.3. The van der Waals surface area contributed by atoms with Gasteiger partial charge in [0.25, 0.3) is 14.1 Å². The molecular formula is C36H75Al. The standard InChI is InChI=1S/3C12H25.Al/c3*1-3-5-7-9-11-12-10-8-6-4-2;/h3*1,3-12H2,2H3;. The fourth-order valence-corrected chi connectivity index (χ4v) is 9.66. The van der Waals surface area contributed by atoms with E-state index in [-0.39, 0.29) is 0 Å². The molecule has 37 heavy (non-hydrogen) atoms.